The molecule has 0 unspecified atom stereocenters. The lowest BCUT2D eigenvalue weighted by Gasteiger charge is -2.32. The second kappa shape index (κ2) is 4.57. The van der Waals surface area contributed by atoms with Crippen molar-refractivity contribution in [3.05, 3.63) is 16.1 Å². The highest BCUT2D eigenvalue weighted by Crippen LogP contribution is 2.37. The average molecular weight is 281 g/mol. The Morgan fingerprint density at radius 3 is 2.11 bits per heavy atom. The largest absolute Gasteiger partial charge is 0.464 e. The SMILES string of the molecule is CC(C)(C)c1csc(CB2OC(C)(C)C(C)(C)O2)n1. The van der Waals surface area contributed by atoms with Crippen molar-refractivity contribution in [1.29, 1.82) is 0 Å². The molecule has 1 fully saturated rings. The smallest absolute Gasteiger partial charge is 0.403 e. The maximum absolute atomic E-state index is 6.01. The highest BCUT2D eigenvalue weighted by Gasteiger charge is 2.51. The summed E-state index contributed by atoms with van der Waals surface area (Å²) in [5.74, 6) is 0. The van der Waals surface area contributed by atoms with Crippen LogP contribution in [-0.2, 0) is 21.0 Å². The van der Waals surface area contributed by atoms with Crippen LogP contribution in [0.4, 0.5) is 0 Å². The third-order valence-electron chi connectivity index (χ3n) is 3.96. The summed E-state index contributed by atoms with van der Waals surface area (Å²) in [4.78, 5) is 4.70. The molecule has 2 heterocycles. The normalized spacial score (nSPS) is 21.9. The molecule has 19 heavy (non-hydrogen) atoms. The van der Waals surface area contributed by atoms with Gasteiger partial charge in [-0.05, 0) is 27.7 Å². The molecule has 0 saturated carbocycles. The van der Waals surface area contributed by atoms with Crippen molar-refractivity contribution >= 4 is 18.5 Å². The number of nitrogens with zero attached hydrogens (tertiary/aromatic N) is 1. The van der Waals surface area contributed by atoms with Crippen molar-refractivity contribution in [1.82, 2.24) is 4.98 Å². The van der Waals surface area contributed by atoms with Gasteiger partial charge in [0.05, 0.1) is 21.9 Å². The van der Waals surface area contributed by atoms with Crippen molar-refractivity contribution in [2.45, 2.75) is 71.4 Å². The van der Waals surface area contributed by atoms with Crippen LogP contribution < -0.4 is 0 Å². The Kier molecular flexibility index (Phi) is 3.61. The van der Waals surface area contributed by atoms with Crippen LogP contribution in [-0.4, -0.2) is 23.3 Å². The average Bonchev–Trinajstić information content (AvgIpc) is 2.69. The minimum Gasteiger partial charge on any atom is -0.403 e. The molecule has 0 spiro atoms. The molecule has 0 N–H and O–H groups in total. The van der Waals surface area contributed by atoms with E-state index in [1.165, 1.54) is 0 Å². The molecule has 106 valence electrons. The van der Waals surface area contributed by atoms with Gasteiger partial charge in [-0.15, -0.1) is 11.3 Å². The Bertz CT molecular complexity index is 446. The Hall–Kier alpha value is -0.385. The van der Waals surface area contributed by atoms with E-state index < -0.39 is 0 Å². The third kappa shape index (κ3) is 3.04. The summed E-state index contributed by atoms with van der Waals surface area (Å²) in [5.41, 5.74) is 0.720. The van der Waals surface area contributed by atoms with Crippen LogP contribution in [0.3, 0.4) is 0 Å². The number of hydrogen-bond acceptors (Lipinski definition) is 4. The fourth-order valence-corrected chi connectivity index (χ4v) is 2.98. The zero-order valence-electron chi connectivity index (χ0n) is 13.0. The van der Waals surface area contributed by atoms with Crippen LogP contribution in [0.2, 0.25) is 0 Å². The third-order valence-corrected chi connectivity index (χ3v) is 4.83. The summed E-state index contributed by atoms with van der Waals surface area (Å²) in [5, 5.41) is 3.23. The van der Waals surface area contributed by atoms with E-state index in [0.717, 1.165) is 17.0 Å². The predicted molar refractivity (Wildman–Crippen MR) is 80.6 cm³/mol. The molecular formula is C14H24BNO2S. The second-order valence-electron chi connectivity index (χ2n) is 7.27. The lowest BCUT2D eigenvalue weighted by Crippen LogP contribution is -2.41. The zero-order chi connectivity index (χ0) is 14.5. The van der Waals surface area contributed by atoms with Gasteiger partial charge in [-0.3, -0.25) is 0 Å². The minimum absolute atomic E-state index is 0.102. The van der Waals surface area contributed by atoms with Gasteiger partial charge in [-0.25, -0.2) is 4.98 Å². The lowest BCUT2D eigenvalue weighted by atomic mass is 9.85. The van der Waals surface area contributed by atoms with E-state index >= 15 is 0 Å². The number of aromatic nitrogens is 1. The van der Waals surface area contributed by atoms with E-state index in [9.17, 15) is 0 Å². The molecule has 5 heteroatoms. The number of rotatable bonds is 2. The van der Waals surface area contributed by atoms with Crippen molar-refractivity contribution in [3.63, 3.8) is 0 Å². The monoisotopic (exact) mass is 281 g/mol. The van der Waals surface area contributed by atoms with Crippen LogP contribution in [0.5, 0.6) is 0 Å². The summed E-state index contributed by atoms with van der Waals surface area (Å²) in [6, 6.07) is 0. The van der Waals surface area contributed by atoms with E-state index in [4.69, 9.17) is 14.3 Å². The molecule has 1 aliphatic heterocycles. The number of hydrogen-bond donors (Lipinski definition) is 0. The quantitative estimate of drug-likeness (QED) is 0.776. The topological polar surface area (TPSA) is 31.4 Å². The molecule has 1 aromatic rings. The number of thiazole rings is 1. The van der Waals surface area contributed by atoms with Gasteiger partial charge in [0.1, 0.15) is 0 Å². The summed E-state index contributed by atoms with van der Waals surface area (Å²) in [6.07, 6.45) is 0.730. The van der Waals surface area contributed by atoms with Gasteiger partial charge in [-0.2, -0.15) is 0 Å². The second-order valence-corrected chi connectivity index (χ2v) is 8.21. The molecule has 1 aromatic heterocycles. The van der Waals surface area contributed by atoms with Gasteiger partial charge in [0.15, 0.2) is 0 Å². The molecular weight excluding hydrogens is 257 g/mol. The van der Waals surface area contributed by atoms with E-state index in [0.29, 0.717) is 0 Å². The Balaban J connectivity index is 2.06. The van der Waals surface area contributed by atoms with Crippen molar-refractivity contribution in [3.8, 4) is 0 Å². The first kappa shape index (κ1) is 15.0. The standard InChI is InChI=1S/C14H24BNO2S/c1-12(2,3)10-9-19-11(16-10)8-15-17-13(4,5)14(6,7)18-15/h9H,8H2,1-7H3. The van der Waals surface area contributed by atoms with E-state index in [-0.39, 0.29) is 23.7 Å². The minimum atomic E-state index is -0.262. The van der Waals surface area contributed by atoms with Crippen LogP contribution >= 0.6 is 11.3 Å². The highest BCUT2D eigenvalue weighted by atomic mass is 32.1. The van der Waals surface area contributed by atoms with Gasteiger partial charge < -0.3 is 9.31 Å². The first-order chi connectivity index (χ1) is 8.51. The van der Waals surface area contributed by atoms with Gasteiger partial charge in [-0.1, -0.05) is 20.8 Å². The van der Waals surface area contributed by atoms with Crippen molar-refractivity contribution < 1.29 is 9.31 Å². The van der Waals surface area contributed by atoms with Gasteiger partial charge in [0, 0.05) is 17.1 Å². The Morgan fingerprint density at radius 2 is 1.68 bits per heavy atom. The fourth-order valence-electron chi connectivity index (χ4n) is 1.94. The van der Waals surface area contributed by atoms with E-state index in [1.807, 2.05) is 0 Å². The van der Waals surface area contributed by atoms with E-state index in [2.05, 4.69) is 53.8 Å². The highest BCUT2D eigenvalue weighted by molar-refractivity contribution is 7.10. The van der Waals surface area contributed by atoms with Crippen molar-refractivity contribution in [2.24, 2.45) is 0 Å². The fraction of sp³-hybridized carbons (Fsp3) is 0.786. The lowest BCUT2D eigenvalue weighted by molar-refractivity contribution is 0.00578. The molecule has 0 radical (unpaired) electrons. The predicted octanol–water partition coefficient (Wildman–Crippen LogP) is 3.61. The maximum atomic E-state index is 6.01. The Labute approximate surface area is 120 Å². The first-order valence-electron chi connectivity index (χ1n) is 6.82. The van der Waals surface area contributed by atoms with Crippen LogP contribution in [0.15, 0.2) is 5.38 Å². The van der Waals surface area contributed by atoms with Gasteiger partial charge in [0.25, 0.3) is 0 Å². The molecule has 0 atom stereocenters. The van der Waals surface area contributed by atoms with E-state index in [1.54, 1.807) is 11.3 Å². The van der Waals surface area contributed by atoms with Crippen LogP contribution in [0.25, 0.3) is 0 Å². The summed E-state index contributed by atoms with van der Waals surface area (Å²) in [7, 11) is -0.191. The molecule has 1 aliphatic rings. The summed E-state index contributed by atoms with van der Waals surface area (Å²) < 4.78 is 12.0. The molecule has 2 rings (SSSR count). The molecule has 0 bridgehead atoms. The van der Waals surface area contributed by atoms with Crippen LogP contribution in [0, 0.1) is 0 Å². The summed E-state index contributed by atoms with van der Waals surface area (Å²) in [6.45, 7) is 14.9. The van der Waals surface area contributed by atoms with Crippen molar-refractivity contribution in [2.75, 3.05) is 0 Å². The molecule has 1 saturated heterocycles. The molecule has 0 aliphatic carbocycles. The zero-order valence-corrected chi connectivity index (χ0v) is 13.9. The molecule has 0 aromatic carbocycles. The van der Waals surface area contributed by atoms with Gasteiger partial charge >= 0.3 is 7.12 Å². The Morgan fingerprint density at radius 1 is 1.16 bits per heavy atom. The van der Waals surface area contributed by atoms with Crippen LogP contribution in [0.1, 0.15) is 59.2 Å². The molecule has 3 nitrogen and oxygen atoms in total. The maximum Gasteiger partial charge on any atom is 0.464 e. The first-order valence-corrected chi connectivity index (χ1v) is 7.70. The summed E-state index contributed by atoms with van der Waals surface area (Å²) >= 11 is 1.69. The molecule has 0 amide bonds. The van der Waals surface area contributed by atoms with Gasteiger partial charge in [0.2, 0.25) is 0 Å².